The maximum Gasteiger partial charge on any atom is 0.131 e. The minimum absolute atomic E-state index is 0.560. The van der Waals surface area contributed by atoms with Crippen LogP contribution in [0.15, 0.2) is 18.2 Å². The van der Waals surface area contributed by atoms with Crippen LogP contribution in [0.25, 0.3) is 11.3 Å². The average molecular weight is 270 g/mol. The van der Waals surface area contributed by atoms with E-state index >= 15 is 0 Å². The number of hydrogen-bond donors (Lipinski definition) is 1. The zero-order valence-corrected chi connectivity index (χ0v) is 11.2. The zero-order chi connectivity index (χ0) is 12.6. The number of nitrogens with two attached hydrogens (primary N) is 1. The van der Waals surface area contributed by atoms with Gasteiger partial charge in [0.2, 0.25) is 0 Å². The Morgan fingerprint density at radius 1 is 1.29 bits per heavy atom. The van der Waals surface area contributed by atoms with Crippen molar-refractivity contribution in [1.82, 2.24) is 9.55 Å². The van der Waals surface area contributed by atoms with Gasteiger partial charge in [-0.15, -0.1) is 0 Å². The van der Waals surface area contributed by atoms with Crippen molar-refractivity contribution < 1.29 is 0 Å². The highest BCUT2D eigenvalue weighted by Gasteiger charge is 2.17. The molecule has 2 aromatic rings. The molecule has 1 heterocycles. The summed E-state index contributed by atoms with van der Waals surface area (Å²) in [5, 5.41) is 1.12. The minimum atomic E-state index is 0.560. The van der Waals surface area contributed by atoms with Crippen molar-refractivity contribution in [2.24, 2.45) is 7.05 Å². The van der Waals surface area contributed by atoms with Gasteiger partial charge in [-0.05, 0) is 12.1 Å². The Hall–Kier alpha value is -1.19. The van der Waals surface area contributed by atoms with Crippen molar-refractivity contribution in [2.45, 2.75) is 13.3 Å². The molecule has 0 aliphatic carbocycles. The van der Waals surface area contributed by atoms with Crippen LogP contribution in [0.3, 0.4) is 0 Å². The van der Waals surface area contributed by atoms with Crippen molar-refractivity contribution in [3.63, 3.8) is 0 Å². The summed E-state index contributed by atoms with van der Waals surface area (Å²) < 4.78 is 1.86. The summed E-state index contributed by atoms with van der Waals surface area (Å²) in [6, 6.07) is 5.36. The van der Waals surface area contributed by atoms with Gasteiger partial charge < -0.3 is 10.3 Å². The van der Waals surface area contributed by atoms with E-state index in [1.807, 2.05) is 18.5 Å². The number of anilines is 1. The Labute approximate surface area is 110 Å². The standard InChI is InChI=1S/C12H13Cl2N3/c1-3-9-16-11(12(15)17(9)2)10-7(13)5-4-6-8(10)14/h4-6H,3,15H2,1-2H3. The quantitative estimate of drug-likeness (QED) is 0.907. The lowest BCUT2D eigenvalue weighted by atomic mass is 10.1. The largest absolute Gasteiger partial charge is 0.383 e. The fourth-order valence-corrected chi connectivity index (χ4v) is 2.36. The van der Waals surface area contributed by atoms with Crippen LogP contribution in [0.4, 0.5) is 5.82 Å². The lowest BCUT2D eigenvalue weighted by Crippen LogP contribution is -2.00. The van der Waals surface area contributed by atoms with E-state index in [9.17, 15) is 0 Å². The van der Waals surface area contributed by atoms with Crippen LogP contribution in [0.1, 0.15) is 12.7 Å². The summed E-state index contributed by atoms with van der Waals surface area (Å²) in [7, 11) is 1.88. The lowest BCUT2D eigenvalue weighted by Gasteiger charge is -2.05. The summed E-state index contributed by atoms with van der Waals surface area (Å²) in [6.45, 7) is 2.03. The summed E-state index contributed by atoms with van der Waals surface area (Å²) in [6.07, 6.45) is 0.808. The highest BCUT2D eigenvalue weighted by Crippen LogP contribution is 2.37. The molecule has 1 aromatic heterocycles. The zero-order valence-electron chi connectivity index (χ0n) is 9.67. The van der Waals surface area contributed by atoms with Crippen LogP contribution in [-0.2, 0) is 13.5 Å². The normalized spacial score (nSPS) is 10.8. The van der Waals surface area contributed by atoms with E-state index in [-0.39, 0.29) is 0 Å². The van der Waals surface area contributed by atoms with Crippen molar-refractivity contribution in [3.8, 4) is 11.3 Å². The van der Waals surface area contributed by atoms with Gasteiger partial charge in [-0.1, -0.05) is 36.2 Å². The van der Waals surface area contributed by atoms with Crippen LogP contribution in [0.2, 0.25) is 10.0 Å². The van der Waals surface area contributed by atoms with Crippen molar-refractivity contribution in [1.29, 1.82) is 0 Å². The second kappa shape index (κ2) is 4.59. The predicted octanol–water partition coefficient (Wildman–Crippen LogP) is 3.54. The predicted molar refractivity (Wildman–Crippen MR) is 72.5 cm³/mol. The molecule has 0 radical (unpaired) electrons. The Bertz CT molecular complexity index is 541. The molecule has 0 unspecified atom stereocenters. The maximum atomic E-state index is 6.15. The molecule has 5 heteroatoms. The van der Waals surface area contributed by atoms with Gasteiger partial charge in [-0.25, -0.2) is 4.98 Å². The van der Waals surface area contributed by atoms with E-state index in [2.05, 4.69) is 4.98 Å². The van der Waals surface area contributed by atoms with E-state index in [0.29, 0.717) is 27.1 Å². The molecule has 0 amide bonds. The van der Waals surface area contributed by atoms with Gasteiger partial charge >= 0.3 is 0 Å². The number of hydrogen-bond acceptors (Lipinski definition) is 2. The van der Waals surface area contributed by atoms with Crippen LogP contribution < -0.4 is 5.73 Å². The van der Waals surface area contributed by atoms with Gasteiger partial charge in [0, 0.05) is 19.0 Å². The van der Waals surface area contributed by atoms with Crippen molar-refractivity contribution >= 4 is 29.0 Å². The Kier molecular flexibility index (Phi) is 3.31. The molecule has 0 aliphatic rings. The Morgan fingerprint density at radius 2 is 1.88 bits per heavy atom. The molecule has 0 atom stereocenters. The molecule has 0 fully saturated rings. The molecule has 0 spiro atoms. The fourth-order valence-electron chi connectivity index (χ4n) is 1.78. The molecule has 0 aliphatic heterocycles. The fraction of sp³-hybridized carbons (Fsp3) is 0.250. The molecular formula is C12H13Cl2N3. The van der Waals surface area contributed by atoms with Crippen LogP contribution >= 0.6 is 23.2 Å². The summed E-state index contributed by atoms with van der Waals surface area (Å²) in [4.78, 5) is 4.49. The number of benzene rings is 1. The molecule has 1 aromatic carbocycles. The summed E-state index contributed by atoms with van der Waals surface area (Å²) in [5.41, 5.74) is 7.38. The monoisotopic (exact) mass is 269 g/mol. The van der Waals surface area contributed by atoms with Crippen molar-refractivity contribution in [3.05, 3.63) is 34.1 Å². The second-order valence-electron chi connectivity index (χ2n) is 3.77. The molecule has 17 heavy (non-hydrogen) atoms. The smallest absolute Gasteiger partial charge is 0.131 e. The van der Waals surface area contributed by atoms with Gasteiger partial charge in [0.05, 0.1) is 10.0 Å². The SMILES string of the molecule is CCc1nc(-c2c(Cl)cccc2Cl)c(N)n1C. The molecule has 3 nitrogen and oxygen atoms in total. The Morgan fingerprint density at radius 3 is 2.35 bits per heavy atom. The van der Waals surface area contributed by atoms with Gasteiger partial charge in [-0.3, -0.25) is 0 Å². The first kappa shape index (κ1) is 12.3. The molecule has 90 valence electrons. The van der Waals surface area contributed by atoms with E-state index < -0.39 is 0 Å². The molecule has 2 rings (SSSR count). The number of rotatable bonds is 2. The topological polar surface area (TPSA) is 43.8 Å². The van der Waals surface area contributed by atoms with E-state index in [1.165, 1.54) is 0 Å². The minimum Gasteiger partial charge on any atom is -0.383 e. The van der Waals surface area contributed by atoms with Crippen LogP contribution in [-0.4, -0.2) is 9.55 Å². The first-order valence-electron chi connectivity index (χ1n) is 5.31. The van der Waals surface area contributed by atoms with Gasteiger partial charge in [0.25, 0.3) is 0 Å². The first-order valence-corrected chi connectivity index (χ1v) is 6.07. The summed E-state index contributed by atoms with van der Waals surface area (Å²) in [5.74, 6) is 1.49. The third-order valence-electron chi connectivity index (χ3n) is 2.75. The first-order chi connectivity index (χ1) is 8.06. The number of nitrogen functional groups attached to an aromatic ring is 1. The van der Waals surface area contributed by atoms with Crippen molar-refractivity contribution in [2.75, 3.05) is 5.73 Å². The highest BCUT2D eigenvalue weighted by atomic mass is 35.5. The highest BCUT2D eigenvalue weighted by molar-refractivity contribution is 6.39. The van der Waals surface area contributed by atoms with Gasteiger partial charge in [-0.2, -0.15) is 0 Å². The summed E-state index contributed by atoms with van der Waals surface area (Å²) >= 11 is 12.3. The van der Waals surface area contributed by atoms with Crippen LogP contribution in [0, 0.1) is 0 Å². The molecular weight excluding hydrogens is 257 g/mol. The maximum absolute atomic E-state index is 6.15. The van der Waals surface area contributed by atoms with Gasteiger partial charge in [0.1, 0.15) is 17.3 Å². The molecule has 0 bridgehead atoms. The van der Waals surface area contributed by atoms with E-state index in [4.69, 9.17) is 28.9 Å². The number of imidazole rings is 1. The third kappa shape index (κ3) is 2.01. The number of halogens is 2. The second-order valence-corrected chi connectivity index (χ2v) is 4.59. The third-order valence-corrected chi connectivity index (χ3v) is 3.38. The Balaban J connectivity index is 2.69. The number of aromatic nitrogens is 2. The van der Waals surface area contributed by atoms with E-state index in [1.54, 1.807) is 18.2 Å². The molecule has 2 N–H and O–H groups in total. The average Bonchev–Trinajstić information content (AvgIpc) is 2.57. The molecule has 0 saturated carbocycles. The number of nitrogens with zero attached hydrogens (tertiary/aromatic N) is 2. The van der Waals surface area contributed by atoms with Crippen LogP contribution in [0.5, 0.6) is 0 Å². The molecule has 0 saturated heterocycles. The lowest BCUT2D eigenvalue weighted by molar-refractivity contribution is 0.816. The van der Waals surface area contributed by atoms with Gasteiger partial charge in [0.15, 0.2) is 0 Å². The number of aryl methyl sites for hydroxylation is 1. The van der Waals surface area contributed by atoms with E-state index in [0.717, 1.165) is 12.2 Å².